The van der Waals surface area contributed by atoms with E-state index in [0.29, 0.717) is 25.8 Å². The van der Waals surface area contributed by atoms with Crippen LogP contribution >= 0.6 is 0 Å². The van der Waals surface area contributed by atoms with Crippen LogP contribution in [0.25, 0.3) is 0 Å². The number of halogens is 3. The fourth-order valence-corrected chi connectivity index (χ4v) is 1.42. The monoisotopic (exact) mass is 261 g/mol. The van der Waals surface area contributed by atoms with Crippen LogP contribution in [0.1, 0.15) is 25.3 Å². The molecular formula is C13H18F3NO. The van der Waals surface area contributed by atoms with Gasteiger partial charge in [0.1, 0.15) is 5.82 Å². The smallest absolute Gasteiger partial charge is 0.161 e. The lowest BCUT2D eigenvalue weighted by molar-refractivity contribution is 0.133. The fraction of sp³-hybridized carbons (Fsp3) is 0.538. The molecule has 1 aromatic rings. The van der Waals surface area contributed by atoms with Crippen LogP contribution in [0.15, 0.2) is 12.1 Å². The highest BCUT2D eigenvalue weighted by atomic mass is 19.2. The molecule has 1 aromatic carbocycles. The summed E-state index contributed by atoms with van der Waals surface area (Å²) in [5, 5.41) is 2.91. The first-order valence-corrected chi connectivity index (χ1v) is 6.07. The molecule has 0 amide bonds. The Hall–Kier alpha value is -1.07. The SMILES string of the molecule is CCCCOCCNCc1cc(F)c(F)cc1F. The van der Waals surface area contributed by atoms with Gasteiger partial charge in [0.2, 0.25) is 0 Å². The molecular weight excluding hydrogens is 243 g/mol. The van der Waals surface area contributed by atoms with Gasteiger partial charge in [-0.2, -0.15) is 0 Å². The van der Waals surface area contributed by atoms with Crippen molar-refractivity contribution in [3.05, 3.63) is 35.1 Å². The highest BCUT2D eigenvalue weighted by Gasteiger charge is 2.08. The van der Waals surface area contributed by atoms with E-state index >= 15 is 0 Å². The van der Waals surface area contributed by atoms with Crippen molar-refractivity contribution in [1.82, 2.24) is 5.32 Å². The van der Waals surface area contributed by atoms with E-state index in [4.69, 9.17) is 4.74 Å². The second-order valence-corrected chi connectivity index (χ2v) is 4.00. The molecule has 0 radical (unpaired) electrons. The fourth-order valence-electron chi connectivity index (χ4n) is 1.42. The van der Waals surface area contributed by atoms with Crippen molar-refractivity contribution in [2.75, 3.05) is 19.8 Å². The van der Waals surface area contributed by atoms with Gasteiger partial charge in [-0.1, -0.05) is 13.3 Å². The average Bonchev–Trinajstić information content (AvgIpc) is 2.34. The largest absolute Gasteiger partial charge is 0.380 e. The molecule has 0 spiro atoms. The number of benzene rings is 1. The van der Waals surface area contributed by atoms with Crippen molar-refractivity contribution >= 4 is 0 Å². The Morgan fingerprint density at radius 2 is 1.78 bits per heavy atom. The Morgan fingerprint density at radius 3 is 2.50 bits per heavy atom. The predicted molar refractivity (Wildman–Crippen MR) is 63.7 cm³/mol. The molecule has 1 N–H and O–H groups in total. The van der Waals surface area contributed by atoms with Crippen LogP contribution in [0.4, 0.5) is 13.2 Å². The molecule has 0 aliphatic carbocycles. The zero-order chi connectivity index (χ0) is 13.4. The van der Waals surface area contributed by atoms with Crippen molar-refractivity contribution < 1.29 is 17.9 Å². The Morgan fingerprint density at radius 1 is 1.06 bits per heavy atom. The van der Waals surface area contributed by atoms with Crippen LogP contribution < -0.4 is 5.32 Å². The Kier molecular flexibility index (Phi) is 6.75. The third-order valence-corrected chi connectivity index (χ3v) is 2.47. The van der Waals surface area contributed by atoms with E-state index < -0.39 is 17.5 Å². The van der Waals surface area contributed by atoms with Gasteiger partial charge in [-0.05, 0) is 12.5 Å². The molecule has 0 aromatic heterocycles. The van der Waals surface area contributed by atoms with Crippen LogP contribution in [-0.2, 0) is 11.3 Å². The lowest BCUT2D eigenvalue weighted by Crippen LogP contribution is -2.20. The number of rotatable bonds is 8. The summed E-state index contributed by atoms with van der Waals surface area (Å²) in [6.07, 6.45) is 2.09. The Bertz CT molecular complexity index is 371. The maximum Gasteiger partial charge on any atom is 0.161 e. The van der Waals surface area contributed by atoms with Gasteiger partial charge in [0, 0.05) is 31.3 Å². The number of unbranched alkanes of at least 4 members (excludes halogenated alkanes) is 1. The van der Waals surface area contributed by atoms with Crippen LogP contribution in [-0.4, -0.2) is 19.8 Å². The van der Waals surface area contributed by atoms with Crippen LogP contribution in [0.5, 0.6) is 0 Å². The van der Waals surface area contributed by atoms with Crippen LogP contribution in [0, 0.1) is 17.5 Å². The van der Waals surface area contributed by atoms with E-state index in [1.165, 1.54) is 0 Å². The van der Waals surface area contributed by atoms with Crippen molar-refractivity contribution in [1.29, 1.82) is 0 Å². The minimum absolute atomic E-state index is 0.113. The van der Waals surface area contributed by atoms with Gasteiger partial charge in [0.05, 0.1) is 6.61 Å². The molecule has 0 aliphatic heterocycles. The number of ether oxygens (including phenoxy) is 1. The molecule has 102 valence electrons. The third-order valence-electron chi connectivity index (χ3n) is 2.47. The van der Waals surface area contributed by atoms with E-state index in [9.17, 15) is 13.2 Å². The normalized spacial score (nSPS) is 10.9. The van der Waals surface area contributed by atoms with Crippen molar-refractivity contribution in [3.63, 3.8) is 0 Å². The minimum Gasteiger partial charge on any atom is -0.380 e. The average molecular weight is 261 g/mol. The summed E-state index contributed by atoms with van der Waals surface area (Å²) in [4.78, 5) is 0. The van der Waals surface area contributed by atoms with Gasteiger partial charge in [-0.15, -0.1) is 0 Å². The summed E-state index contributed by atoms with van der Waals surface area (Å²) in [6, 6.07) is 1.43. The van der Waals surface area contributed by atoms with E-state index in [1.807, 2.05) is 0 Å². The lowest BCUT2D eigenvalue weighted by atomic mass is 10.2. The second-order valence-electron chi connectivity index (χ2n) is 4.00. The van der Waals surface area contributed by atoms with Crippen LogP contribution in [0.2, 0.25) is 0 Å². The van der Waals surface area contributed by atoms with Gasteiger partial charge in [0.15, 0.2) is 11.6 Å². The van der Waals surface area contributed by atoms with E-state index in [0.717, 1.165) is 18.9 Å². The third kappa shape index (κ3) is 5.06. The highest BCUT2D eigenvalue weighted by Crippen LogP contribution is 2.13. The second kappa shape index (κ2) is 8.11. The van der Waals surface area contributed by atoms with Crippen LogP contribution in [0.3, 0.4) is 0 Å². The van der Waals surface area contributed by atoms with Gasteiger partial charge >= 0.3 is 0 Å². The molecule has 0 bridgehead atoms. The lowest BCUT2D eigenvalue weighted by Gasteiger charge is -2.07. The summed E-state index contributed by atoms with van der Waals surface area (Å²) >= 11 is 0. The van der Waals surface area contributed by atoms with Crippen molar-refractivity contribution in [2.24, 2.45) is 0 Å². The topological polar surface area (TPSA) is 21.3 Å². The summed E-state index contributed by atoms with van der Waals surface area (Å²) in [7, 11) is 0. The first-order valence-electron chi connectivity index (χ1n) is 6.07. The molecule has 1 rings (SSSR count). The first-order chi connectivity index (χ1) is 8.65. The van der Waals surface area contributed by atoms with Crippen molar-refractivity contribution in [3.8, 4) is 0 Å². The molecule has 0 saturated heterocycles. The number of hydrogen-bond donors (Lipinski definition) is 1. The van der Waals surface area contributed by atoms with Gasteiger partial charge < -0.3 is 10.1 Å². The zero-order valence-corrected chi connectivity index (χ0v) is 10.4. The number of nitrogens with one attached hydrogen (secondary N) is 1. The maximum absolute atomic E-state index is 13.2. The van der Waals surface area contributed by atoms with Crippen molar-refractivity contribution in [2.45, 2.75) is 26.3 Å². The molecule has 5 heteroatoms. The van der Waals surface area contributed by atoms with E-state index in [2.05, 4.69) is 12.2 Å². The molecule has 0 unspecified atom stereocenters. The van der Waals surface area contributed by atoms with Gasteiger partial charge in [-0.25, -0.2) is 13.2 Å². The highest BCUT2D eigenvalue weighted by molar-refractivity contribution is 5.19. The standard InChI is InChI=1S/C13H18F3NO/c1-2-3-5-18-6-4-17-9-10-7-12(15)13(16)8-11(10)14/h7-8,17H,2-6,9H2,1H3. The zero-order valence-electron chi connectivity index (χ0n) is 10.4. The first kappa shape index (κ1) is 15.0. The van der Waals surface area contributed by atoms with E-state index in [1.54, 1.807) is 0 Å². The summed E-state index contributed by atoms with van der Waals surface area (Å²) in [5.74, 6) is -2.94. The van der Waals surface area contributed by atoms with Gasteiger partial charge in [0.25, 0.3) is 0 Å². The quantitative estimate of drug-likeness (QED) is 0.573. The molecule has 0 heterocycles. The van der Waals surface area contributed by atoms with Gasteiger partial charge in [-0.3, -0.25) is 0 Å². The van der Waals surface area contributed by atoms with E-state index in [-0.39, 0.29) is 12.1 Å². The minimum atomic E-state index is -1.17. The summed E-state index contributed by atoms with van der Waals surface area (Å²) in [5.41, 5.74) is 0.113. The predicted octanol–water partition coefficient (Wildman–Crippen LogP) is 3.01. The molecule has 0 atom stereocenters. The molecule has 18 heavy (non-hydrogen) atoms. The molecule has 0 fully saturated rings. The molecule has 2 nitrogen and oxygen atoms in total. The Labute approximate surface area is 105 Å². The maximum atomic E-state index is 13.2. The molecule has 0 saturated carbocycles. The Balaban J connectivity index is 2.25. The summed E-state index contributed by atoms with van der Waals surface area (Å²) < 4.78 is 44.1. The number of hydrogen-bond acceptors (Lipinski definition) is 2. The molecule has 0 aliphatic rings. The summed E-state index contributed by atoms with van der Waals surface area (Å²) in [6.45, 7) is 4.00.